The van der Waals surface area contributed by atoms with Crippen LogP contribution in [0.5, 0.6) is 0 Å². The van der Waals surface area contributed by atoms with Crippen molar-refractivity contribution in [3.63, 3.8) is 0 Å². The fraction of sp³-hybridized carbons (Fsp3) is 0.857. The number of carbonyl (C=O) groups is 1. The summed E-state index contributed by atoms with van der Waals surface area (Å²) in [6.07, 6.45) is 14.9. The summed E-state index contributed by atoms with van der Waals surface area (Å²) in [5, 5.41) is 30.3. The Morgan fingerprint density at radius 1 is 1.00 bits per heavy atom. The molecule has 1 atom stereocenters. The zero-order valence-corrected chi connectivity index (χ0v) is 17.2. The highest BCUT2D eigenvalue weighted by Crippen LogP contribution is 2.08. The molecule has 0 rings (SSSR count). The molecule has 1 amide bonds. The molecule has 0 aliphatic carbocycles. The minimum Gasteiger partial charge on any atom is -0.395 e. The van der Waals surface area contributed by atoms with Crippen molar-refractivity contribution in [1.29, 1.82) is 0 Å². The van der Waals surface area contributed by atoms with E-state index in [0.29, 0.717) is 32.6 Å². The van der Waals surface area contributed by atoms with Crippen LogP contribution in [0.2, 0.25) is 0 Å². The summed E-state index contributed by atoms with van der Waals surface area (Å²) in [7, 11) is 0. The molecule has 0 aromatic carbocycles. The van der Waals surface area contributed by atoms with Crippen LogP contribution in [0, 0.1) is 0 Å². The minimum absolute atomic E-state index is 0.0133. The smallest absolute Gasteiger partial charge is 0.220 e. The van der Waals surface area contributed by atoms with Gasteiger partial charge in [-0.25, -0.2) is 0 Å². The monoisotopic (exact) mass is 386 g/mol. The summed E-state index contributed by atoms with van der Waals surface area (Å²) < 4.78 is 0. The fourth-order valence-corrected chi connectivity index (χ4v) is 2.87. The Morgan fingerprint density at radius 2 is 1.67 bits per heavy atom. The lowest BCUT2D eigenvalue weighted by Gasteiger charge is -2.23. The highest BCUT2D eigenvalue weighted by Gasteiger charge is 2.10. The Bertz CT molecular complexity index is 364. The van der Waals surface area contributed by atoms with Crippen molar-refractivity contribution in [3.05, 3.63) is 12.2 Å². The number of nitrogens with zero attached hydrogens (tertiary/aromatic N) is 1. The summed E-state index contributed by atoms with van der Waals surface area (Å²) in [5.41, 5.74) is 0. The molecule has 1 unspecified atom stereocenters. The molecule has 0 aliphatic rings. The number of hydrogen-bond donors (Lipinski definition) is 4. The Kier molecular flexibility index (Phi) is 19.1. The van der Waals surface area contributed by atoms with Crippen molar-refractivity contribution in [2.45, 2.75) is 77.2 Å². The van der Waals surface area contributed by atoms with Crippen LogP contribution in [-0.2, 0) is 4.79 Å². The van der Waals surface area contributed by atoms with Crippen LogP contribution in [0.15, 0.2) is 12.2 Å². The van der Waals surface area contributed by atoms with Gasteiger partial charge in [-0.3, -0.25) is 9.69 Å². The molecule has 0 spiro atoms. The molecule has 4 N–H and O–H groups in total. The molecule has 0 heterocycles. The van der Waals surface area contributed by atoms with Gasteiger partial charge in [-0.1, -0.05) is 51.2 Å². The third-order valence-electron chi connectivity index (χ3n) is 4.51. The highest BCUT2D eigenvalue weighted by molar-refractivity contribution is 5.75. The van der Waals surface area contributed by atoms with Crippen molar-refractivity contribution >= 4 is 5.91 Å². The zero-order chi connectivity index (χ0) is 20.2. The van der Waals surface area contributed by atoms with Gasteiger partial charge in [0.25, 0.3) is 0 Å². The van der Waals surface area contributed by atoms with Gasteiger partial charge in [0.05, 0.1) is 19.3 Å². The Balaban J connectivity index is 3.56. The fourth-order valence-electron chi connectivity index (χ4n) is 2.87. The maximum atomic E-state index is 11.8. The maximum Gasteiger partial charge on any atom is 0.220 e. The van der Waals surface area contributed by atoms with Gasteiger partial charge in [-0.15, -0.1) is 0 Å². The van der Waals surface area contributed by atoms with Gasteiger partial charge < -0.3 is 20.6 Å². The van der Waals surface area contributed by atoms with E-state index in [1.165, 1.54) is 44.9 Å². The first kappa shape index (κ1) is 26.1. The largest absolute Gasteiger partial charge is 0.395 e. The van der Waals surface area contributed by atoms with Gasteiger partial charge in [0.15, 0.2) is 0 Å². The second-order valence-electron chi connectivity index (χ2n) is 7.13. The predicted molar refractivity (Wildman–Crippen MR) is 111 cm³/mol. The number of nitrogens with one attached hydrogen (secondary N) is 1. The molecule has 27 heavy (non-hydrogen) atoms. The first-order chi connectivity index (χ1) is 13.1. The number of aliphatic hydroxyl groups excluding tert-OH is 3. The van der Waals surface area contributed by atoms with Crippen LogP contribution in [0.1, 0.15) is 71.1 Å². The molecule has 0 aliphatic heterocycles. The molecule has 0 aromatic rings. The molecule has 0 radical (unpaired) electrons. The van der Waals surface area contributed by atoms with Crippen LogP contribution < -0.4 is 5.32 Å². The van der Waals surface area contributed by atoms with Gasteiger partial charge in [0, 0.05) is 32.6 Å². The van der Waals surface area contributed by atoms with E-state index in [1.807, 2.05) is 4.90 Å². The molecular weight excluding hydrogens is 344 g/mol. The maximum absolute atomic E-state index is 11.8. The lowest BCUT2D eigenvalue weighted by atomic mass is 10.1. The molecule has 0 saturated carbocycles. The van der Waals surface area contributed by atoms with Crippen molar-refractivity contribution in [2.75, 3.05) is 39.4 Å². The first-order valence-corrected chi connectivity index (χ1v) is 10.7. The molecule has 160 valence electrons. The van der Waals surface area contributed by atoms with E-state index in [0.717, 1.165) is 12.8 Å². The summed E-state index contributed by atoms with van der Waals surface area (Å²) in [6.45, 7) is 3.65. The summed E-state index contributed by atoms with van der Waals surface area (Å²) in [5.74, 6) is 0.0560. The SMILES string of the molecule is CCCC/C=C\CCCCCCCC(=O)NCCN(CCO)CC(O)CO. The quantitative estimate of drug-likeness (QED) is 0.202. The van der Waals surface area contributed by atoms with E-state index >= 15 is 0 Å². The molecule has 6 heteroatoms. The van der Waals surface area contributed by atoms with Crippen LogP contribution in [0.3, 0.4) is 0 Å². The third-order valence-corrected chi connectivity index (χ3v) is 4.51. The van der Waals surface area contributed by atoms with Crippen molar-refractivity contribution in [1.82, 2.24) is 10.2 Å². The summed E-state index contributed by atoms with van der Waals surface area (Å²) in [4.78, 5) is 13.7. The number of carbonyl (C=O) groups excluding carboxylic acids is 1. The van der Waals surface area contributed by atoms with Crippen LogP contribution in [-0.4, -0.2) is 71.6 Å². The zero-order valence-electron chi connectivity index (χ0n) is 17.2. The molecular formula is C21H42N2O4. The van der Waals surface area contributed by atoms with Gasteiger partial charge in [-0.05, 0) is 25.7 Å². The number of hydrogen-bond acceptors (Lipinski definition) is 5. The van der Waals surface area contributed by atoms with Gasteiger partial charge in [0.1, 0.15) is 0 Å². The number of aliphatic hydroxyl groups is 3. The normalized spacial score (nSPS) is 12.8. The van der Waals surface area contributed by atoms with Gasteiger partial charge >= 0.3 is 0 Å². The van der Waals surface area contributed by atoms with E-state index < -0.39 is 6.10 Å². The second-order valence-corrected chi connectivity index (χ2v) is 7.13. The van der Waals surface area contributed by atoms with Crippen LogP contribution in [0.25, 0.3) is 0 Å². The van der Waals surface area contributed by atoms with E-state index in [9.17, 15) is 9.90 Å². The molecule has 0 bridgehead atoms. The topological polar surface area (TPSA) is 93.0 Å². The molecule has 0 aromatic heterocycles. The van der Waals surface area contributed by atoms with E-state index in [1.54, 1.807) is 0 Å². The first-order valence-electron chi connectivity index (χ1n) is 10.7. The van der Waals surface area contributed by atoms with Crippen molar-refractivity contribution in [2.24, 2.45) is 0 Å². The van der Waals surface area contributed by atoms with E-state index in [-0.39, 0.29) is 19.1 Å². The van der Waals surface area contributed by atoms with E-state index in [2.05, 4.69) is 24.4 Å². The average Bonchev–Trinajstić information content (AvgIpc) is 2.66. The predicted octanol–water partition coefficient (Wildman–Crippen LogP) is 2.23. The van der Waals surface area contributed by atoms with Crippen LogP contribution >= 0.6 is 0 Å². The standard InChI is InChI=1S/C21H42N2O4/c1-2-3-4-5-6-7-8-9-10-11-12-13-21(27)22-14-15-23(16-17-24)18-20(26)19-25/h5-6,20,24-26H,2-4,7-19H2,1H3,(H,22,27)/b6-5-. The number of amides is 1. The lowest BCUT2D eigenvalue weighted by molar-refractivity contribution is -0.121. The number of unbranched alkanes of at least 4 members (excludes halogenated alkanes) is 7. The second kappa shape index (κ2) is 19.8. The van der Waals surface area contributed by atoms with Gasteiger partial charge in [0.2, 0.25) is 5.91 Å². The Morgan fingerprint density at radius 3 is 2.33 bits per heavy atom. The molecule has 0 saturated heterocycles. The third kappa shape index (κ3) is 18.2. The van der Waals surface area contributed by atoms with Crippen molar-refractivity contribution in [3.8, 4) is 0 Å². The Labute approximate surface area is 165 Å². The number of rotatable bonds is 19. The van der Waals surface area contributed by atoms with Gasteiger partial charge in [-0.2, -0.15) is 0 Å². The number of allylic oxidation sites excluding steroid dienone is 2. The van der Waals surface area contributed by atoms with Crippen molar-refractivity contribution < 1.29 is 20.1 Å². The summed E-state index contributed by atoms with van der Waals surface area (Å²) in [6, 6.07) is 0. The lowest BCUT2D eigenvalue weighted by Crippen LogP contribution is -2.41. The summed E-state index contributed by atoms with van der Waals surface area (Å²) >= 11 is 0. The van der Waals surface area contributed by atoms with Crippen LogP contribution in [0.4, 0.5) is 0 Å². The molecule has 6 nitrogen and oxygen atoms in total. The average molecular weight is 387 g/mol. The molecule has 0 fully saturated rings. The minimum atomic E-state index is -0.820. The Hall–Kier alpha value is -0.950. The highest BCUT2D eigenvalue weighted by atomic mass is 16.3. The van der Waals surface area contributed by atoms with E-state index in [4.69, 9.17) is 10.2 Å².